The minimum Gasteiger partial charge on any atom is -0.468 e. The summed E-state index contributed by atoms with van der Waals surface area (Å²) in [6, 6.07) is 6.62. The van der Waals surface area contributed by atoms with Crippen molar-refractivity contribution < 1.29 is 23.9 Å². The van der Waals surface area contributed by atoms with Gasteiger partial charge in [-0.2, -0.15) is 0 Å². The number of hydrogen-bond donors (Lipinski definition) is 2. The van der Waals surface area contributed by atoms with Crippen LogP contribution < -0.4 is 5.32 Å². The predicted octanol–water partition coefficient (Wildman–Crippen LogP) is 2.36. The molecule has 1 saturated carbocycles. The number of hydrogen-bond acceptors (Lipinski definition) is 6. The van der Waals surface area contributed by atoms with Gasteiger partial charge in [0.25, 0.3) is 0 Å². The number of H-pyrrole nitrogens is 1. The lowest BCUT2D eigenvalue weighted by Gasteiger charge is -2.37. The van der Waals surface area contributed by atoms with Gasteiger partial charge < -0.3 is 14.5 Å². The number of Topliss-reactive ketones (excluding diaryl/α,β-unsaturated/α-hetero) is 1. The van der Waals surface area contributed by atoms with Crippen molar-refractivity contribution in [2.24, 2.45) is 5.92 Å². The van der Waals surface area contributed by atoms with Crippen molar-refractivity contribution >= 4 is 28.6 Å². The molecule has 0 amide bonds. The first-order valence-electron chi connectivity index (χ1n) is 9.71. The zero-order valence-corrected chi connectivity index (χ0v) is 15.8. The zero-order valence-electron chi connectivity index (χ0n) is 15.8. The van der Waals surface area contributed by atoms with Gasteiger partial charge in [-0.05, 0) is 38.2 Å². The number of esters is 2. The number of carbonyl (C=O) groups is 3. The molecule has 0 spiro atoms. The van der Waals surface area contributed by atoms with E-state index in [1.807, 2.05) is 24.3 Å². The molecule has 4 rings (SSSR count). The fourth-order valence-electron chi connectivity index (χ4n) is 4.40. The van der Waals surface area contributed by atoms with Crippen LogP contribution in [0, 0.1) is 5.92 Å². The van der Waals surface area contributed by atoms with Crippen LogP contribution in [0.25, 0.3) is 10.9 Å². The minimum atomic E-state index is -0.920. The number of aromatic amines is 1. The number of fused-ring (bicyclic) bond motifs is 3. The van der Waals surface area contributed by atoms with E-state index in [0.717, 1.165) is 17.3 Å². The number of para-hydroxylation sites is 1. The highest BCUT2D eigenvalue weighted by Gasteiger charge is 2.42. The Morgan fingerprint density at radius 3 is 2.79 bits per heavy atom. The number of rotatable bonds is 3. The summed E-state index contributed by atoms with van der Waals surface area (Å²) < 4.78 is 10.6. The Bertz CT molecular complexity index is 905. The second-order valence-electron chi connectivity index (χ2n) is 7.60. The standard InChI is InChI=1S/C21H24N2O5/c1-27-21(26)18-19(24)12-5-4-6-14(10-13(9-12)23-18)28-20(25)16-11-22-17-8-3-2-7-15(16)17/h2-3,7-8,11-14,18,22-23H,4-6,9-10H2,1H3. The van der Waals surface area contributed by atoms with Crippen LogP contribution in [0.4, 0.5) is 0 Å². The van der Waals surface area contributed by atoms with Gasteiger partial charge in [0.2, 0.25) is 0 Å². The van der Waals surface area contributed by atoms with Crippen molar-refractivity contribution in [2.75, 3.05) is 7.11 Å². The maximum absolute atomic E-state index is 12.7. The number of aromatic nitrogens is 1. The third kappa shape index (κ3) is 3.54. The van der Waals surface area contributed by atoms with Crippen LogP contribution in [0.1, 0.15) is 42.5 Å². The van der Waals surface area contributed by atoms with E-state index < -0.39 is 12.0 Å². The average Bonchev–Trinajstić information content (AvgIpc) is 3.12. The van der Waals surface area contributed by atoms with Crippen LogP contribution in [0.15, 0.2) is 30.5 Å². The van der Waals surface area contributed by atoms with Crippen LogP contribution in [0.2, 0.25) is 0 Å². The summed E-state index contributed by atoms with van der Waals surface area (Å²) in [5, 5.41) is 3.94. The summed E-state index contributed by atoms with van der Waals surface area (Å²) in [6.07, 6.45) is 4.84. The topological polar surface area (TPSA) is 97.5 Å². The molecule has 28 heavy (non-hydrogen) atoms. The highest BCUT2D eigenvalue weighted by molar-refractivity contribution is 6.05. The first-order valence-corrected chi connectivity index (χ1v) is 9.71. The van der Waals surface area contributed by atoms with Gasteiger partial charge in [-0.1, -0.05) is 18.2 Å². The van der Waals surface area contributed by atoms with Crippen LogP contribution in [-0.4, -0.2) is 48.0 Å². The van der Waals surface area contributed by atoms with E-state index in [2.05, 4.69) is 10.3 Å². The monoisotopic (exact) mass is 384 g/mol. The molecular formula is C21H24N2O5. The summed E-state index contributed by atoms with van der Waals surface area (Å²) >= 11 is 0. The van der Waals surface area contributed by atoms with Crippen LogP contribution >= 0.6 is 0 Å². The Labute approximate surface area is 162 Å². The van der Waals surface area contributed by atoms with Crippen molar-refractivity contribution in [3.8, 4) is 0 Å². The van der Waals surface area contributed by atoms with Crippen LogP contribution in [0.3, 0.4) is 0 Å². The van der Waals surface area contributed by atoms with Gasteiger partial charge in [0, 0.05) is 29.1 Å². The van der Waals surface area contributed by atoms with Gasteiger partial charge in [-0.15, -0.1) is 0 Å². The van der Waals surface area contributed by atoms with E-state index in [9.17, 15) is 14.4 Å². The van der Waals surface area contributed by atoms with E-state index in [1.54, 1.807) is 6.20 Å². The molecule has 7 nitrogen and oxygen atoms in total. The molecule has 2 N–H and O–H groups in total. The fraction of sp³-hybridized carbons (Fsp3) is 0.476. The lowest BCUT2D eigenvalue weighted by molar-refractivity contribution is -0.150. The molecule has 4 atom stereocenters. The Balaban J connectivity index is 1.47. The Morgan fingerprint density at radius 2 is 1.96 bits per heavy atom. The highest BCUT2D eigenvalue weighted by Crippen LogP contribution is 2.30. The van der Waals surface area contributed by atoms with Gasteiger partial charge in [0.1, 0.15) is 6.10 Å². The summed E-state index contributed by atoms with van der Waals surface area (Å²) in [5.74, 6) is -1.12. The number of ketones is 1. The molecule has 2 aromatic rings. The molecule has 2 fully saturated rings. The van der Waals surface area contributed by atoms with Gasteiger partial charge >= 0.3 is 11.9 Å². The summed E-state index contributed by atoms with van der Waals surface area (Å²) in [7, 11) is 1.29. The lowest BCUT2D eigenvalue weighted by Crippen LogP contribution is -2.57. The molecule has 7 heteroatoms. The lowest BCUT2D eigenvalue weighted by atomic mass is 9.79. The molecule has 1 aliphatic heterocycles. The second kappa shape index (κ2) is 7.75. The maximum Gasteiger partial charge on any atom is 0.340 e. The molecule has 148 valence electrons. The summed E-state index contributed by atoms with van der Waals surface area (Å²) in [6.45, 7) is 0. The molecule has 4 unspecified atom stereocenters. The van der Waals surface area contributed by atoms with E-state index in [0.29, 0.717) is 31.2 Å². The quantitative estimate of drug-likeness (QED) is 0.623. The van der Waals surface area contributed by atoms with Crippen molar-refractivity contribution in [3.05, 3.63) is 36.0 Å². The predicted molar refractivity (Wildman–Crippen MR) is 102 cm³/mol. The van der Waals surface area contributed by atoms with Crippen LogP contribution in [0.5, 0.6) is 0 Å². The van der Waals surface area contributed by atoms with Gasteiger partial charge in [-0.25, -0.2) is 9.59 Å². The first-order chi connectivity index (χ1) is 13.6. The number of ether oxygens (including phenoxy) is 2. The molecule has 1 aromatic heterocycles. The number of carbonyl (C=O) groups excluding carboxylic acids is 3. The first kappa shape index (κ1) is 18.7. The summed E-state index contributed by atoms with van der Waals surface area (Å²) in [5.41, 5.74) is 1.41. The normalized spacial score (nSPS) is 27.7. The molecule has 2 aliphatic rings. The Hall–Kier alpha value is -2.67. The number of benzene rings is 1. The third-order valence-electron chi connectivity index (χ3n) is 5.80. The largest absolute Gasteiger partial charge is 0.468 e. The van der Waals surface area contributed by atoms with E-state index in [-0.39, 0.29) is 29.8 Å². The maximum atomic E-state index is 12.7. The molecule has 0 radical (unpaired) electrons. The third-order valence-corrected chi connectivity index (χ3v) is 5.80. The Kier molecular flexibility index (Phi) is 5.17. The molecule has 1 saturated heterocycles. The van der Waals surface area contributed by atoms with E-state index >= 15 is 0 Å². The number of piperidine rings is 1. The fourth-order valence-corrected chi connectivity index (χ4v) is 4.40. The smallest absolute Gasteiger partial charge is 0.340 e. The molecule has 2 bridgehead atoms. The molecular weight excluding hydrogens is 360 g/mol. The second-order valence-corrected chi connectivity index (χ2v) is 7.60. The molecule has 1 aliphatic carbocycles. The van der Waals surface area contributed by atoms with Gasteiger partial charge in [-0.3, -0.25) is 10.1 Å². The van der Waals surface area contributed by atoms with Gasteiger partial charge in [0.15, 0.2) is 11.8 Å². The van der Waals surface area contributed by atoms with Crippen LogP contribution in [-0.2, 0) is 19.1 Å². The zero-order chi connectivity index (χ0) is 19.7. The van der Waals surface area contributed by atoms with Gasteiger partial charge in [0.05, 0.1) is 12.7 Å². The number of nitrogens with one attached hydrogen (secondary N) is 2. The van der Waals surface area contributed by atoms with Crippen molar-refractivity contribution in [1.82, 2.24) is 10.3 Å². The summed E-state index contributed by atoms with van der Waals surface area (Å²) in [4.78, 5) is 40.3. The van der Waals surface area contributed by atoms with E-state index in [1.165, 1.54) is 7.11 Å². The minimum absolute atomic E-state index is 0.0622. The SMILES string of the molecule is COC(=O)C1NC2CC(OC(=O)c3c[nH]c4ccccc34)CCCC(C2)C1=O. The number of methoxy groups -OCH3 is 1. The Morgan fingerprint density at radius 1 is 1.14 bits per heavy atom. The van der Waals surface area contributed by atoms with Crippen molar-refractivity contribution in [1.29, 1.82) is 0 Å². The van der Waals surface area contributed by atoms with Crippen molar-refractivity contribution in [3.63, 3.8) is 0 Å². The molecule has 2 heterocycles. The highest BCUT2D eigenvalue weighted by atomic mass is 16.5. The average molecular weight is 384 g/mol. The van der Waals surface area contributed by atoms with Crippen molar-refractivity contribution in [2.45, 2.75) is 50.3 Å². The molecule has 1 aromatic carbocycles. The van der Waals surface area contributed by atoms with E-state index in [4.69, 9.17) is 9.47 Å².